The number of aliphatic hydroxyl groups is 1. The molecule has 24 heavy (non-hydrogen) atoms. The maximum atomic E-state index is 12.0. The summed E-state index contributed by atoms with van der Waals surface area (Å²) in [4.78, 5) is 12.0. The highest BCUT2D eigenvalue weighted by Crippen LogP contribution is 2.29. The summed E-state index contributed by atoms with van der Waals surface area (Å²) < 4.78 is 11.1. The molecule has 1 aromatic rings. The van der Waals surface area contributed by atoms with Crippen LogP contribution in [-0.4, -0.2) is 36.4 Å². The van der Waals surface area contributed by atoms with Gasteiger partial charge in [-0.05, 0) is 63.3 Å². The third-order valence-electron chi connectivity index (χ3n) is 4.04. The van der Waals surface area contributed by atoms with Crippen LogP contribution in [0.3, 0.4) is 0 Å². The molecule has 0 aliphatic heterocycles. The average Bonchev–Trinajstić information content (AvgIpc) is 2.57. The molecule has 1 aliphatic carbocycles. The Hall–Kier alpha value is -2.01. The first-order valence-corrected chi connectivity index (χ1v) is 8.68. The number of amides is 1. The van der Waals surface area contributed by atoms with Gasteiger partial charge in [-0.25, -0.2) is 0 Å². The van der Waals surface area contributed by atoms with Crippen LogP contribution >= 0.6 is 0 Å². The first-order valence-electron chi connectivity index (χ1n) is 8.68. The van der Waals surface area contributed by atoms with Crippen molar-refractivity contribution in [1.29, 1.82) is 0 Å². The third-order valence-corrected chi connectivity index (χ3v) is 4.04. The van der Waals surface area contributed by atoms with Gasteiger partial charge in [-0.1, -0.05) is 6.07 Å². The highest BCUT2D eigenvalue weighted by Gasteiger charge is 2.19. The summed E-state index contributed by atoms with van der Waals surface area (Å²) in [6, 6.07) is 5.78. The summed E-state index contributed by atoms with van der Waals surface area (Å²) in [5.41, 5.74) is 0.885. The van der Waals surface area contributed by atoms with Crippen molar-refractivity contribution in [3.8, 4) is 11.5 Å². The fraction of sp³-hybridized carbons (Fsp3) is 0.526. The van der Waals surface area contributed by atoms with E-state index in [-0.39, 0.29) is 18.1 Å². The zero-order chi connectivity index (χ0) is 17.4. The number of hydrogen-bond acceptors (Lipinski definition) is 4. The first kappa shape index (κ1) is 18.3. The predicted octanol–water partition coefficient (Wildman–Crippen LogP) is 2.92. The van der Waals surface area contributed by atoms with Gasteiger partial charge in [-0.2, -0.15) is 0 Å². The van der Waals surface area contributed by atoms with E-state index >= 15 is 0 Å². The first-order chi connectivity index (χ1) is 11.6. The monoisotopic (exact) mass is 333 g/mol. The van der Waals surface area contributed by atoms with Gasteiger partial charge >= 0.3 is 0 Å². The van der Waals surface area contributed by atoms with Crippen molar-refractivity contribution < 1.29 is 19.4 Å². The molecule has 0 spiro atoms. The molecule has 132 valence electrons. The van der Waals surface area contributed by atoms with Gasteiger partial charge in [-0.15, -0.1) is 0 Å². The highest BCUT2D eigenvalue weighted by atomic mass is 16.5. The van der Waals surface area contributed by atoms with Crippen molar-refractivity contribution >= 4 is 12.0 Å². The van der Waals surface area contributed by atoms with Crippen molar-refractivity contribution in [2.24, 2.45) is 0 Å². The standard InChI is InChI=1S/C19H27NO4/c1-3-23-17-11-5-14(13-18(17)24-4-2)6-12-19(22)20-15-7-9-16(21)10-8-15/h5-6,11-13,15-16,21H,3-4,7-10H2,1-2H3,(H,20,22)/b12-6+. The zero-order valence-electron chi connectivity index (χ0n) is 14.5. The summed E-state index contributed by atoms with van der Waals surface area (Å²) in [5, 5.41) is 12.5. The lowest BCUT2D eigenvalue weighted by atomic mass is 9.93. The van der Waals surface area contributed by atoms with E-state index < -0.39 is 0 Å². The Balaban J connectivity index is 1.94. The fourth-order valence-electron chi connectivity index (χ4n) is 2.81. The number of carbonyl (C=O) groups excluding carboxylic acids is 1. The zero-order valence-corrected chi connectivity index (χ0v) is 14.5. The largest absolute Gasteiger partial charge is 0.490 e. The summed E-state index contributed by atoms with van der Waals surface area (Å²) in [7, 11) is 0. The van der Waals surface area contributed by atoms with Crippen molar-refractivity contribution in [3.63, 3.8) is 0 Å². The minimum absolute atomic E-state index is 0.108. The topological polar surface area (TPSA) is 67.8 Å². The van der Waals surface area contributed by atoms with E-state index in [2.05, 4.69) is 5.32 Å². The van der Waals surface area contributed by atoms with Crippen LogP contribution in [-0.2, 0) is 4.79 Å². The molecule has 0 unspecified atom stereocenters. The van der Waals surface area contributed by atoms with E-state index in [1.165, 1.54) is 6.08 Å². The van der Waals surface area contributed by atoms with Crippen LogP contribution in [0.1, 0.15) is 45.1 Å². The molecular weight excluding hydrogens is 306 g/mol. The maximum absolute atomic E-state index is 12.0. The molecule has 1 amide bonds. The lowest BCUT2D eigenvalue weighted by Gasteiger charge is -2.25. The summed E-state index contributed by atoms with van der Waals surface area (Å²) in [5.74, 6) is 1.29. The average molecular weight is 333 g/mol. The number of carbonyl (C=O) groups is 1. The van der Waals surface area contributed by atoms with Gasteiger partial charge in [0.2, 0.25) is 5.91 Å². The van der Waals surface area contributed by atoms with E-state index in [1.54, 1.807) is 6.08 Å². The Morgan fingerprint density at radius 1 is 1.17 bits per heavy atom. The smallest absolute Gasteiger partial charge is 0.244 e. The van der Waals surface area contributed by atoms with Gasteiger partial charge in [-0.3, -0.25) is 4.79 Å². The van der Waals surface area contributed by atoms with E-state index in [9.17, 15) is 9.90 Å². The minimum atomic E-state index is -0.213. The molecule has 1 saturated carbocycles. The van der Waals surface area contributed by atoms with Crippen molar-refractivity contribution in [2.75, 3.05) is 13.2 Å². The van der Waals surface area contributed by atoms with Crippen molar-refractivity contribution in [3.05, 3.63) is 29.8 Å². The number of ether oxygens (including phenoxy) is 2. The Morgan fingerprint density at radius 3 is 2.50 bits per heavy atom. The van der Waals surface area contributed by atoms with Gasteiger partial charge in [0.15, 0.2) is 11.5 Å². The van der Waals surface area contributed by atoms with E-state index in [4.69, 9.17) is 9.47 Å². The fourth-order valence-corrected chi connectivity index (χ4v) is 2.81. The van der Waals surface area contributed by atoms with Crippen molar-refractivity contribution in [2.45, 2.75) is 51.7 Å². The van der Waals surface area contributed by atoms with Crippen LogP contribution < -0.4 is 14.8 Å². The third kappa shape index (κ3) is 5.57. The van der Waals surface area contributed by atoms with Crippen LogP contribution in [0.2, 0.25) is 0 Å². The molecule has 1 aromatic carbocycles. The Labute approximate surface area is 143 Å². The number of benzene rings is 1. The lowest BCUT2D eigenvalue weighted by molar-refractivity contribution is -0.117. The molecule has 1 fully saturated rings. The number of aliphatic hydroxyl groups excluding tert-OH is 1. The quantitative estimate of drug-likeness (QED) is 0.753. The molecule has 0 atom stereocenters. The normalized spacial score (nSPS) is 20.8. The Morgan fingerprint density at radius 2 is 1.83 bits per heavy atom. The second kappa shape index (κ2) is 9.33. The van der Waals surface area contributed by atoms with Crippen LogP contribution in [0.15, 0.2) is 24.3 Å². The molecule has 0 radical (unpaired) electrons. The second-order valence-corrected chi connectivity index (χ2v) is 5.92. The predicted molar refractivity (Wildman–Crippen MR) is 94.2 cm³/mol. The lowest BCUT2D eigenvalue weighted by Crippen LogP contribution is -2.37. The summed E-state index contributed by atoms with van der Waals surface area (Å²) >= 11 is 0. The molecule has 5 nitrogen and oxygen atoms in total. The molecule has 5 heteroatoms. The van der Waals surface area contributed by atoms with Gasteiger partial charge < -0.3 is 19.9 Å². The van der Waals surface area contributed by atoms with Gasteiger partial charge in [0.1, 0.15) is 0 Å². The molecule has 2 N–H and O–H groups in total. The molecule has 1 aliphatic rings. The molecule has 0 saturated heterocycles. The van der Waals surface area contributed by atoms with Crippen LogP contribution in [0.4, 0.5) is 0 Å². The van der Waals surface area contributed by atoms with E-state index in [0.717, 1.165) is 31.2 Å². The molecule has 2 rings (SSSR count). The van der Waals surface area contributed by atoms with Crippen LogP contribution in [0.25, 0.3) is 6.08 Å². The number of hydrogen-bond donors (Lipinski definition) is 2. The molecular formula is C19H27NO4. The van der Waals surface area contributed by atoms with Gasteiger partial charge in [0.25, 0.3) is 0 Å². The van der Waals surface area contributed by atoms with E-state index in [1.807, 2.05) is 32.0 Å². The van der Waals surface area contributed by atoms with Gasteiger partial charge in [0.05, 0.1) is 19.3 Å². The highest BCUT2D eigenvalue weighted by molar-refractivity contribution is 5.92. The van der Waals surface area contributed by atoms with Gasteiger partial charge in [0, 0.05) is 12.1 Å². The second-order valence-electron chi connectivity index (χ2n) is 5.92. The summed E-state index contributed by atoms with van der Waals surface area (Å²) in [6.45, 7) is 4.99. The Kier molecular flexibility index (Phi) is 7.12. The molecule has 0 aromatic heterocycles. The Bertz CT molecular complexity index is 562. The molecule has 0 bridgehead atoms. The van der Waals surface area contributed by atoms with Crippen molar-refractivity contribution in [1.82, 2.24) is 5.32 Å². The number of rotatable bonds is 7. The summed E-state index contributed by atoms with van der Waals surface area (Å²) in [6.07, 6.45) is 6.27. The SMILES string of the molecule is CCOc1ccc(/C=C/C(=O)NC2CCC(O)CC2)cc1OCC. The van der Waals surface area contributed by atoms with Crippen LogP contribution in [0.5, 0.6) is 11.5 Å². The number of nitrogens with one attached hydrogen (secondary N) is 1. The van der Waals surface area contributed by atoms with Crippen LogP contribution in [0, 0.1) is 0 Å². The van der Waals surface area contributed by atoms with E-state index in [0.29, 0.717) is 24.7 Å². The minimum Gasteiger partial charge on any atom is -0.490 e. The molecule has 0 heterocycles. The maximum Gasteiger partial charge on any atom is 0.244 e.